The topological polar surface area (TPSA) is 92.5 Å². The van der Waals surface area contributed by atoms with E-state index in [-0.39, 0.29) is 48.3 Å². The predicted octanol–water partition coefficient (Wildman–Crippen LogP) is 2.03. The van der Waals surface area contributed by atoms with Crippen LogP contribution in [0.4, 0.5) is 4.39 Å². The van der Waals surface area contributed by atoms with Gasteiger partial charge < -0.3 is 11.1 Å². The molecule has 6 nitrogen and oxygen atoms in total. The second-order valence-electron chi connectivity index (χ2n) is 6.56. The number of hydrogen-bond donors (Lipinski definition) is 2. The van der Waals surface area contributed by atoms with Crippen LogP contribution in [-0.2, 0) is 14.8 Å². The summed E-state index contributed by atoms with van der Waals surface area (Å²) < 4.78 is 38.8. The van der Waals surface area contributed by atoms with Gasteiger partial charge in [0.2, 0.25) is 15.9 Å². The van der Waals surface area contributed by atoms with Gasteiger partial charge in [0, 0.05) is 32.1 Å². The molecule has 148 valence electrons. The third-order valence-electron chi connectivity index (χ3n) is 4.54. The quantitative estimate of drug-likeness (QED) is 0.723. The lowest BCUT2D eigenvalue weighted by Gasteiger charge is -2.26. The van der Waals surface area contributed by atoms with Gasteiger partial charge in [-0.1, -0.05) is 0 Å². The molecule has 1 amide bonds. The maximum absolute atomic E-state index is 12.9. The van der Waals surface area contributed by atoms with E-state index in [0.29, 0.717) is 6.42 Å². The van der Waals surface area contributed by atoms with E-state index in [0.717, 1.165) is 37.8 Å². The fourth-order valence-corrected chi connectivity index (χ4v) is 4.14. The van der Waals surface area contributed by atoms with E-state index in [9.17, 15) is 17.6 Å². The molecule has 1 fully saturated rings. The molecular weight excluding hydrogens is 381 g/mol. The SMILES string of the molecule is CN(CCCC(=O)NC1CCC(N)CC1)S(=O)(=O)c1ccc(F)cc1.Cl. The Balaban J connectivity index is 0.00000338. The standard InChI is InChI=1S/C17H26FN3O3S.ClH/c1-21(25(23,24)16-10-4-13(18)5-11-16)12-2-3-17(22)20-15-8-6-14(19)7-9-15;/h4-5,10-11,14-15H,2-3,6-9,12,19H2,1H3,(H,20,22);1H. The number of carbonyl (C=O) groups excluding carboxylic acids is 1. The summed E-state index contributed by atoms with van der Waals surface area (Å²) in [6.07, 6.45) is 4.32. The Labute approximate surface area is 160 Å². The Hall–Kier alpha value is -1.22. The van der Waals surface area contributed by atoms with Gasteiger partial charge in [0.15, 0.2) is 0 Å². The fraction of sp³-hybridized carbons (Fsp3) is 0.588. The summed E-state index contributed by atoms with van der Waals surface area (Å²) in [7, 11) is -2.21. The van der Waals surface area contributed by atoms with Gasteiger partial charge in [-0.15, -0.1) is 12.4 Å². The zero-order valence-corrected chi connectivity index (χ0v) is 16.5. The molecule has 0 bridgehead atoms. The van der Waals surface area contributed by atoms with Gasteiger partial charge >= 0.3 is 0 Å². The first-order valence-corrected chi connectivity index (χ1v) is 10.00. The van der Waals surface area contributed by atoms with E-state index in [2.05, 4.69) is 5.32 Å². The number of nitrogens with one attached hydrogen (secondary N) is 1. The third kappa shape index (κ3) is 6.50. The number of sulfonamides is 1. The van der Waals surface area contributed by atoms with Crippen LogP contribution in [0.5, 0.6) is 0 Å². The Morgan fingerprint density at radius 1 is 1.23 bits per heavy atom. The zero-order valence-electron chi connectivity index (χ0n) is 14.9. The molecule has 9 heteroatoms. The summed E-state index contributed by atoms with van der Waals surface area (Å²) in [5, 5.41) is 2.99. The van der Waals surface area contributed by atoms with Crippen molar-refractivity contribution in [2.75, 3.05) is 13.6 Å². The average Bonchev–Trinajstić information content (AvgIpc) is 2.57. The maximum atomic E-state index is 12.9. The number of hydrogen-bond acceptors (Lipinski definition) is 4. The Morgan fingerprint density at radius 2 is 1.81 bits per heavy atom. The summed E-state index contributed by atoms with van der Waals surface area (Å²) in [5.41, 5.74) is 5.84. The summed E-state index contributed by atoms with van der Waals surface area (Å²) in [4.78, 5) is 12.0. The Kier molecular flexibility index (Phi) is 8.95. The molecule has 0 aliphatic heterocycles. The molecule has 1 aromatic carbocycles. The van der Waals surface area contributed by atoms with Crippen LogP contribution in [0.3, 0.4) is 0 Å². The van der Waals surface area contributed by atoms with Gasteiger partial charge in [-0.3, -0.25) is 4.79 Å². The Bertz CT molecular complexity index is 677. The van der Waals surface area contributed by atoms with E-state index in [4.69, 9.17) is 5.73 Å². The molecule has 1 aliphatic rings. The maximum Gasteiger partial charge on any atom is 0.242 e. The van der Waals surface area contributed by atoms with Crippen molar-refractivity contribution in [3.63, 3.8) is 0 Å². The van der Waals surface area contributed by atoms with E-state index >= 15 is 0 Å². The average molecular weight is 408 g/mol. The summed E-state index contributed by atoms with van der Waals surface area (Å²) >= 11 is 0. The second kappa shape index (κ2) is 10.2. The molecule has 1 saturated carbocycles. The van der Waals surface area contributed by atoms with E-state index < -0.39 is 15.8 Å². The largest absolute Gasteiger partial charge is 0.353 e. The van der Waals surface area contributed by atoms with Gasteiger partial charge in [-0.25, -0.2) is 17.1 Å². The number of nitrogens with zero attached hydrogens (tertiary/aromatic N) is 1. The highest BCUT2D eigenvalue weighted by Gasteiger charge is 2.22. The lowest BCUT2D eigenvalue weighted by Crippen LogP contribution is -2.40. The molecule has 26 heavy (non-hydrogen) atoms. The number of halogens is 2. The van der Waals surface area contributed by atoms with Gasteiger partial charge in [0.05, 0.1) is 4.90 Å². The van der Waals surface area contributed by atoms with Gasteiger partial charge in [-0.05, 0) is 56.4 Å². The monoisotopic (exact) mass is 407 g/mol. The third-order valence-corrected chi connectivity index (χ3v) is 6.41. The molecule has 3 N–H and O–H groups in total. The van der Waals surface area contributed by atoms with Gasteiger partial charge in [0.1, 0.15) is 5.82 Å². The zero-order chi connectivity index (χ0) is 18.4. The molecule has 0 saturated heterocycles. The van der Waals surface area contributed by atoms with E-state index in [1.54, 1.807) is 0 Å². The second-order valence-corrected chi connectivity index (χ2v) is 8.61. The van der Waals surface area contributed by atoms with Crippen molar-refractivity contribution in [1.29, 1.82) is 0 Å². The molecule has 0 radical (unpaired) electrons. The summed E-state index contributed by atoms with van der Waals surface area (Å²) in [6.45, 7) is 0.225. The van der Waals surface area contributed by atoms with Crippen LogP contribution >= 0.6 is 12.4 Å². The van der Waals surface area contributed by atoms with E-state index in [1.165, 1.54) is 23.5 Å². The van der Waals surface area contributed by atoms with Crippen molar-refractivity contribution in [2.45, 2.75) is 55.5 Å². The molecule has 0 aromatic heterocycles. The smallest absolute Gasteiger partial charge is 0.242 e. The predicted molar refractivity (Wildman–Crippen MR) is 101 cm³/mol. The highest BCUT2D eigenvalue weighted by atomic mass is 35.5. The van der Waals surface area contributed by atoms with Crippen LogP contribution in [0, 0.1) is 5.82 Å². The molecule has 1 aliphatic carbocycles. The number of benzene rings is 1. The fourth-order valence-electron chi connectivity index (χ4n) is 2.93. The highest BCUT2D eigenvalue weighted by Crippen LogP contribution is 2.18. The van der Waals surface area contributed by atoms with Crippen molar-refractivity contribution >= 4 is 28.3 Å². The van der Waals surface area contributed by atoms with Crippen molar-refractivity contribution in [3.05, 3.63) is 30.1 Å². The molecule has 0 heterocycles. The first-order chi connectivity index (χ1) is 11.8. The minimum Gasteiger partial charge on any atom is -0.353 e. The van der Waals surface area contributed by atoms with Crippen molar-refractivity contribution in [3.8, 4) is 0 Å². The van der Waals surface area contributed by atoms with Crippen LogP contribution in [0.2, 0.25) is 0 Å². The van der Waals surface area contributed by atoms with E-state index in [1.807, 2.05) is 0 Å². The van der Waals surface area contributed by atoms with Crippen LogP contribution in [0.1, 0.15) is 38.5 Å². The molecule has 2 rings (SSSR count). The molecule has 0 spiro atoms. The van der Waals surface area contributed by atoms with Crippen LogP contribution in [-0.4, -0.2) is 44.3 Å². The first-order valence-electron chi connectivity index (χ1n) is 8.56. The number of carbonyl (C=O) groups is 1. The van der Waals surface area contributed by atoms with Crippen molar-refractivity contribution in [2.24, 2.45) is 5.73 Å². The highest BCUT2D eigenvalue weighted by molar-refractivity contribution is 7.89. The lowest BCUT2D eigenvalue weighted by atomic mass is 9.92. The molecule has 1 aromatic rings. The molecular formula is C17H27ClFN3O3S. The minimum atomic E-state index is -3.67. The number of amides is 1. The van der Waals surface area contributed by atoms with Crippen LogP contribution < -0.4 is 11.1 Å². The minimum absolute atomic E-state index is 0. The molecule has 0 atom stereocenters. The van der Waals surface area contributed by atoms with Crippen molar-refractivity contribution < 1.29 is 17.6 Å². The van der Waals surface area contributed by atoms with Gasteiger partial charge in [0.25, 0.3) is 0 Å². The Morgan fingerprint density at radius 3 is 2.38 bits per heavy atom. The summed E-state index contributed by atoms with van der Waals surface area (Å²) in [6, 6.07) is 5.11. The lowest BCUT2D eigenvalue weighted by molar-refractivity contribution is -0.122. The number of rotatable bonds is 7. The first kappa shape index (κ1) is 22.8. The van der Waals surface area contributed by atoms with Crippen LogP contribution in [0.15, 0.2) is 29.2 Å². The summed E-state index contributed by atoms with van der Waals surface area (Å²) in [5.74, 6) is -0.546. The van der Waals surface area contributed by atoms with Crippen molar-refractivity contribution in [1.82, 2.24) is 9.62 Å². The normalized spacial score (nSPS) is 20.5. The van der Waals surface area contributed by atoms with Crippen LogP contribution in [0.25, 0.3) is 0 Å². The number of nitrogens with two attached hydrogens (primary N) is 1. The van der Waals surface area contributed by atoms with Gasteiger partial charge in [-0.2, -0.15) is 0 Å². The molecule has 0 unspecified atom stereocenters.